The normalized spacial score (nSPS) is 22.8. The Kier molecular flexibility index (Phi) is 1.46. The van der Waals surface area contributed by atoms with Gasteiger partial charge in [-0.1, -0.05) is 0 Å². The van der Waals surface area contributed by atoms with Gasteiger partial charge >= 0.3 is 11.9 Å². The molecule has 0 atom stereocenters. The Morgan fingerprint density at radius 2 is 1.35 bits per heavy atom. The second-order valence-electron chi connectivity index (χ2n) is 5.12. The van der Waals surface area contributed by atoms with Crippen LogP contribution in [0, 0.1) is 5.41 Å². The Morgan fingerprint density at radius 1 is 0.882 bits per heavy atom. The van der Waals surface area contributed by atoms with Crippen molar-refractivity contribution in [3.63, 3.8) is 0 Å². The minimum atomic E-state index is -0.274. The van der Waals surface area contributed by atoms with Gasteiger partial charge in [0.1, 0.15) is 13.2 Å². The Morgan fingerprint density at radius 3 is 1.82 bits per heavy atom. The quantitative estimate of drug-likeness (QED) is 0.626. The average molecular weight is 230 g/mol. The van der Waals surface area contributed by atoms with Crippen LogP contribution in [0.25, 0.3) is 0 Å². The zero-order chi connectivity index (χ0) is 11.6. The van der Waals surface area contributed by atoms with Crippen LogP contribution < -0.4 is 0 Å². The summed E-state index contributed by atoms with van der Waals surface area (Å²) in [6, 6.07) is 3.37. The van der Waals surface area contributed by atoms with Crippen LogP contribution >= 0.6 is 0 Å². The van der Waals surface area contributed by atoms with Crippen molar-refractivity contribution >= 4 is 11.9 Å². The minimum Gasteiger partial charge on any atom is -0.461 e. The lowest BCUT2D eigenvalue weighted by atomic mass is 9.87. The second-order valence-corrected chi connectivity index (χ2v) is 5.12. The van der Waals surface area contributed by atoms with Crippen molar-refractivity contribution in [3.8, 4) is 0 Å². The monoisotopic (exact) mass is 230 g/mol. The first-order chi connectivity index (χ1) is 8.19. The number of carbonyl (C=O) groups excluding carboxylic acids is 2. The highest BCUT2D eigenvalue weighted by molar-refractivity contribution is 5.98. The number of hydrogen-bond acceptors (Lipinski definition) is 4. The molecule has 1 aromatic carbocycles. The molecule has 4 nitrogen and oxygen atoms in total. The molecule has 0 radical (unpaired) electrons. The van der Waals surface area contributed by atoms with Gasteiger partial charge in [0.25, 0.3) is 0 Å². The Balaban J connectivity index is 2.08. The molecule has 3 bridgehead atoms. The molecule has 3 aliphatic rings. The maximum atomic E-state index is 11.8. The van der Waals surface area contributed by atoms with Crippen LogP contribution in [-0.2, 0) is 22.3 Å². The van der Waals surface area contributed by atoms with Crippen LogP contribution in [0.15, 0.2) is 12.1 Å². The van der Waals surface area contributed by atoms with E-state index in [1.54, 1.807) is 12.1 Å². The average Bonchev–Trinajstić information content (AvgIpc) is 2.56. The van der Waals surface area contributed by atoms with E-state index in [1.807, 2.05) is 0 Å². The Bertz CT molecular complexity index is 522. The summed E-state index contributed by atoms with van der Waals surface area (Å²) in [5.41, 5.74) is 3.03. The molecule has 0 amide bonds. The van der Waals surface area contributed by atoms with Crippen LogP contribution in [-0.4, -0.2) is 25.2 Å². The van der Waals surface area contributed by atoms with Crippen molar-refractivity contribution in [1.29, 1.82) is 0 Å². The smallest absolute Gasteiger partial charge is 0.338 e. The van der Waals surface area contributed by atoms with Crippen molar-refractivity contribution in [1.82, 2.24) is 0 Å². The molecule has 2 heterocycles. The van der Waals surface area contributed by atoms with Gasteiger partial charge in [0.15, 0.2) is 0 Å². The summed E-state index contributed by atoms with van der Waals surface area (Å²) in [4.78, 5) is 23.6. The predicted molar refractivity (Wildman–Crippen MR) is 56.8 cm³/mol. The molecule has 0 saturated carbocycles. The van der Waals surface area contributed by atoms with Crippen molar-refractivity contribution < 1.29 is 19.1 Å². The molecule has 0 fully saturated rings. The molecule has 1 aliphatic carbocycles. The van der Waals surface area contributed by atoms with E-state index in [2.05, 4.69) is 0 Å². The lowest BCUT2D eigenvalue weighted by Gasteiger charge is -2.25. The van der Waals surface area contributed by atoms with E-state index >= 15 is 0 Å². The molecule has 1 spiro atoms. The van der Waals surface area contributed by atoms with E-state index in [1.165, 1.54) is 0 Å². The minimum absolute atomic E-state index is 0.217. The highest BCUT2D eigenvalue weighted by atomic mass is 16.5. The third kappa shape index (κ3) is 1.03. The van der Waals surface area contributed by atoms with Gasteiger partial charge in [-0.2, -0.15) is 0 Å². The highest BCUT2D eigenvalue weighted by Crippen LogP contribution is 2.45. The van der Waals surface area contributed by atoms with Crippen molar-refractivity contribution in [3.05, 3.63) is 34.4 Å². The predicted octanol–water partition coefficient (Wildman–Crippen LogP) is 1.11. The number of hydrogen-bond donors (Lipinski definition) is 0. The van der Waals surface area contributed by atoms with Crippen LogP contribution in [0.1, 0.15) is 31.8 Å². The van der Waals surface area contributed by atoms with Gasteiger partial charge < -0.3 is 9.47 Å². The molecule has 2 aliphatic heterocycles. The van der Waals surface area contributed by atoms with Crippen molar-refractivity contribution in [2.45, 2.75) is 12.8 Å². The molecule has 0 saturated heterocycles. The van der Waals surface area contributed by atoms with Crippen molar-refractivity contribution in [2.24, 2.45) is 5.41 Å². The van der Waals surface area contributed by atoms with Gasteiger partial charge in [-0.25, -0.2) is 9.59 Å². The summed E-state index contributed by atoms with van der Waals surface area (Å²) in [5.74, 6) is -0.549. The summed E-state index contributed by atoms with van der Waals surface area (Å²) in [6.45, 7) is 0.688. The number of esters is 2. The van der Waals surface area contributed by atoms with Crippen LogP contribution in [0.2, 0.25) is 0 Å². The molecular weight excluding hydrogens is 220 g/mol. The number of benzene rings is 1. The Labute approximate surface area is 97.5 Å². The summed E-state index contributed by atoms with van der Waals surface area (Å²) in [6.07, 6.45) is 1.56. The standard InChI is InChI=1S/C13H10O4/c14-11-7-1-2-8-10-4-13(5-16-11,3-9(7)10)6-17-12(8)15/h1-2H,3-6H2. The Hall–Kier alpha value is -1.84. The summed E-state index contributed by atoms with van der Waals surface area (Å²) in [7, 11) is 0. The molecule has 17 heavy (non-hydrogen) atoms. The summed E-state index contributed by atoms with van der Waals surface area (Å²) >= 11 is 0. The number of carbonyl (C=O) groups is 2. The SMILES string of the molecule is O=C1OCC23COC(=O)c4ccc1c(c4C2)C3. The van der Waals surface area contributed by atoms with Crippen molar-refractivity contribution in [2.75, 3.05) is 13.2 Å². The fourth-order valence-electron chi connectivity index (χ4n) is 3.13. The zero-order valence-electron chi connectivity index (χ0n) is 9.12. The molecule has 1 aromatic rings. The largest absolute Gasteiger partial charge is 0.461 e. The number of rotatable bonds is 0. The fourth-order valence-corrected chi connectivity index (χ4v) is 3.13. The van der Waals surface area contributed by atoms with E-state index in [0.717, 1.165) is 24.0 Å². The first-order valence-electron chi connectivity index (χ1n) is 5.68. The number of ether oxygens (including phenoxy) is 2. The van der Waals surface area contributed by atoms with E-state index in [-0.39, 0.29) is 17.4 Å². The summed E-state index contributed by atoms with van der Waals surface area (Å²) < 4.78 is 10.5. The van der Waals surface area contributed by atoms with Gasteiger partial charge in [0.05, 0.1) is 11.1 Å². The van der Waals surface area contributed by atoms with E-state index in [0.29, 0.717) is 24.3 Å². The van der Waals surface area contributed by atoms with Gasteiger partial charge in [0, 0.05) is 5.41 Å². The van der Waals surface area contributed by atoms with Crippen LogP contribution in [0.5, 0.6) is 0 Å². The first-order valence-corrected chi connectivity index (χ1v) is 5.68. The number of cyclic esters (lactones) is 2. The molecule has 0 aromatic heterocycles. The van der Waals surface area contributed by atoms with E-state index in [4.69, 9.17) is 9.47 Å². The topological polar surface area (TPSA) is 52.6 Å². The molecule has 0 N–H and O–H groups in total. The third-order valence-electron chi connectivity index (χ3n) is 3.99. The van der Waals surface area contributed by atoms with Gasteiger partial charge in [-0.3, -0.25) is 0 Å². The van der Waals surface area contributed by atoms with Crippen LogP contribution in [0.4, 0.5) is 0 Å². The molecule has 4 rings (SSSR count). The van der Waals surface area contributed by atoms with Crippen LogP contribution in [0.3, 0.4) is 0 Å². The molecule has 86 valence electrons. The highest BCUT2D eigenvalue weighted by Gasteiger charge is 2.47. The lowest BCUT2D eigenvalue weighted by molar-refractivity contribution is 0.00308. The first kappa shape index (κ1) is 9.22. The molecular formula is C13H10O4. The second kappa shape index (κ2) is 2.70. The molecule has 4 heteroatoms. The summed E-state index contributed by atoms with van der Waals surface area (Å²) in [5, 5.41) is 0. The maximum Gasteiger partial charge on any atom is 0.338 e. The third-order valence-corrected chi connectivity index (χ3v) is 3.99. The molecule has 0 unspecified atom stereocenters. The maximum absolute atomic E-state index is 11.8. The van der Waals surface area contributed by atoms with Gasteiger partial charge in [-0.05, 0) is 36.1 Å². The van der Waals surface area contributed by atoms with Gasteiger partial charge in [0.2, 0.25) is 0 Å². The van der Waals surface area contributed by atoms with Gasteiger partial charge in [-0.15, -0.1) is 0 Å². The fraction of sp³-hybridized carbons (Fsp3) is 0.385. The van der Waals surface area contributed by atoms with E-state index < -0.39 is 0 Å². The lowest BCUT2D eigenvalue weighted by Crippen LogP contribution is -2.32. The zero-order valence-corrected chi connectivity index (χ0v) is 9.12. The van der Waals surface area contributed by atoms with E-state index in [9.17, 15) is 9.59 Å².